The first-order valence-corrected chi connectivity index (χ1v) is 9.78. The number of carbonyl (C=O) groups is 2. The summed E-state index contributed by atoms with van der Waals surface area (Å²) in [6.07, 6.45) is 4.23. The molecule has 0 spiro atoms. The number of carbonyl (C=O) groups excluding carboxylic acids is 2. The van der Waals surface area contributed by atoms with Crippen LogP contribution in [-0.2, 0) is 20.4 Å². The van der Waals surface area contributed by atoms with Crippen molar-refractivity contribution in [3.05, 3.63) is 30.3 Å². The zero-order valence-corrected chi connectivity index (χ0v) is 17.9. The van der Waals surface area contributed by atoms with Crippen molar-refractivity contribution in [1.82, 2.24) is 5.32 Å². The van der Waals surface area contributed by atoms with E-state index in [2.05, 4.69) is 23.1 Å². The molecule has 0 saturated heterocycles. The fraction of sp³-hybridized carbons (Fsp3) is 0.529. The third-order valence-electron chi connectivity index (χ3n) is 2.86. The Morgan fingerprint density at radius 3 is 2.25 bits per heavy atom. The minimum atomic E-state index is -0.611. The van der Waals surface area contributed by atoms with Gasteiger partial charge < -0.3 is 39.3 Å². The molecule has 0 aliphatic heterocycles. The number of ether oxygens (including phenoxy) is 1. The molecule has 0 radical (unpaired) electrons. The fourth-order valence-corrected chi connectivity index (χ4v) is 2.53. The average Bonchev–Trinajstić information content (AvgIpc) is 2.42. The Morgan fingerprint density at radius 1 is 1.17 bits per heavy atom. The third kappa shape index (κ3) is 10.0. The number of alkyl carbamates (subject to hydrolysis) is 1. The molecule has 0 aliphatic carbocycles. The van der Waals surface area contributed by atoms with Gasteiger partial charge in [0.05, 0.1) is 12.5 Å². The number of para-hydroxylation sites is 1. The number of halogens is 1. The van der Waals surface area contributed by atoms with Crippen LogP contribution in [0.4, 0.5) is 10.5 Å². The lowest BCUT2D eigenvalue weighted by molar-refractivity contribution is -0.118. The van der Waals surface area contributed by atoms with Crippen LogP contribution in [0.25, 0.3) is 0 Å². The molecule has 24 heavy (non-hydrogen) atoms. The summed E-state index contributed by atoms with van der Waals surface area (Å²) in [5.41, 5.74) is 0.116. The molecule has 136 valence electrons. The average molecular weight is 466 g/mol. The predicted molar refractivity (Wildman–Crippen MR) is 96.9 cm³/mol. The van der Waals surface area contributed by atoms with Gasteiger partial charge in [0.2, 0.25) is 5.91 Å². The Kier molecular flexibility index (Phi) is 10.4. The smallest absolute Gasteiger partial charge is 0.408 e. The second kappa shape index (κ2) is 10.8. The number of amides is 2. The molecular formula is C17H27IN2O3S. The second-order valence-corrected chi connectivity index (χ2v) is 8.91. The normalized spacial score (nSPS) is 12.1. The SMILES string of the molecule is C[S+](C)CC[C@H](NC(=O)OC(C)(C)C)C(=O)Nc1ccccc1.[I-]. The molecule has 2 N–H and O–H groups in total. The molecule has 2 amide bonds. The minimum absolute atomic E-state index is 0. The van der Waals surface area contributed by atoms with Crippen molar-refractivity contribution in [3.63, 3.8) is 0 Å². The molecule has 5 nitrogen and oxygen atoms in total. The lowest BCUT2D eigenvalue weighted by Gasteiger charge is -2.23. The zero-order chi connectivity index (χ0) is 17.5. The van der Waals surface area contributed by atoms with Crippen LogP contribution in [0.1, 0.15) is 27.2 Å². The minimum Gasteiger partial charge on any atom is -1.00 e. The van der Waals surface area contributed by atoms with Crippen molar-refractivity contribution in [1.29, 1.82) is 0 Å². The van der Waals surface area contributed by atoms with Gasteiger partial charge in [-0.1, -0.05) is 18.2 Å². The maximum absolute atomic E-state index is 12.4. The highest BCUT2D eigenvalue weighted by atomic mass is 127. The van der Waals surface area contributed by atoms with Gasteiger partial charge in [-0.05, 0) is 43.8 Å². The first-order chi connectivity index (χ1) is 10.7. The number of rotatable bonds is 6. The van der Waals surface area contributed by atoms with Crippen LogP contribution in [0.2, 0.25) is 0 Å². The number of nitrogens with one attached hydrogen (secondary N) is 2. The summed E-state index contributed by atoms with van der Waals surface area (Å²) in [7, 11) is 0.195. The Balaban J connectivity index is 0.00000529. The molecule has 7 heteroatoms. The number of hydrogen-bond acceptors (Lipinski definition) is 3. The van der Waals surface area contributed by atoms with Crippen LogP contribution in [0.5, 0.6) is 0 Å². The molecule has 0 fully saturated rings. The molecule has 0 heterocycles. The largest absolute Gasteiger partial charge is 1.00 e. The monoisotopic (exact) mass is 466 g/mol. The molecule has 0 aliphatic rings. The summed E-state index contributed by atoms with van der Waals surface area (Å²) in [5.74, 6) is 0.635. The summed E-state index contributed by atoms with van der Waals surface area (Å²) in [5, 5.41) is 5.51. The number of anilines is 1. The second-order valence-electron chi connectivity index (χ2n) is 6.53. The summed E-state index contributed by atoms with van der Waals surface area (Å²) in [6.45, 7) is 5.38. The van der Waals surface area contributed by atoms with Crippen LogP contribution in [-0.4, -0.2) is 41.9 Å². The van der Waals surface area contributed by atoms with Crippen molar-refractivity contribution in [2.75, 3.05) is 23.6 Å². The molecule has 0 bridgehead atoms. The van der Waals surface area contributed by atoms with Gasteiger partial charge in [0.1, 0.15) is 17.4 Å². The van der Waals surface area contributed by atoms with Crippen molar-refractivity contribution in [2.24, 2.45) is 0 Å². The lowest BCUT2D eigenvalue weighted by atomic mass is 10.2. The van der Waals surface area contributed by atoms with E-state index < -0.39 is 17.7 Å². The molecular weight excluding hydrogens is 439 g/mol. The van der Waals surface area contributed by atoms with Gasteiger partial charge in [0.25, 0.3) is 0 Å². The highest BCUT2D eigenvalue weighted by Gasteiger charge is 2.25. The summed E-state index contributed by atoms with van der Waals surface area (Å²) in [4.78, 5) is 24.4. The van der Waals surface area contributed by atoms with Gasteiger partial charge in [-0.25, -0.2) is 4.79 Å². The third-order valence-corrected chi connectivity index (χ3v) is 3.92. The van der Waals surface area contributed by atoms with Gasteiger partial charge in [-0.2, -0.15) is 0 Å². The maximum Gasteiger partial charge on any atom is 0.408 e. The van der Waals surface area contributed by atoms with Gasteiger partial charge in [0.15, 0.2) is 0 Å². The number of benzene rings is 1. The first-order valence-electron chi connectivity index (χ1n) is 7.57. The van der Waals surface area contributed by atoms with Crippen molar-refractivity contribution >= 4 is 28.6 Å². The van der Waals surface area contributed by atoms with Gasteiger partial charge in [-0.15, -0.1) is 0 Å². The quantitative estimate of drug-likeness (QED) is 0.451. The lowest BCUT2D eigenvalue weighted by Crippen LogP contribution is -3.00. The van der Waals surface area contributed by atoms with E-state index in [4.69, 9.17) is 4.74 Å². The Labute approximate surface area is 164 Å². The molecule has 0 unspecified atom stereocenters. The van der Waals surface area contributed by atoms with Gasteiger partial charge in [0, 0.05) is 12.1 Å². The number of hydrogen-bond donors (Lipinski definition) is 2. The van der Waals surface area contributed by atoms with Crippen molar-refractivity contribution < 1.29 is 38.3 Å². The molecule has 1 aromatic carbocycles. The Hall–Kier alpha value is -0.960. The topological polar surface area (TPSA) is 67.4 Å². The highest BCUT2D eigenvalue weighted by Crippen LogP contribution is 2.10. The van der Waals surface area contributed by atoms with E-state index in [1.165, 1.54) is 0 Å². The Bertz CT molecular complexity index is 518. The van der Waals surface area contributed by atoms with E-state index in [1.807, 2.05) is 30.3 Å². The van der Waals surface area contributed by atoms with Crippen molar-refractivity contribution in [3.8, 4) is 0 Å². The first kappa shape index (κ1) is 23.0. The Morgan fingerprint density at radius 2 is 1.75 bits per heavy atom. The van der Waals surface area contributed by atoms with E-state index in [9.17, 15) is 9.59 Å². The predicted octanol–water partition coefficient (Wildman–Crippen LogP) is -0.210. The fourth-order valence-electron chi connectivity index (χ4n) is 1.82. The molecule has 0 saturated carbocycles. The molecule has 1 aromatic rings. The molecule has 1 atom stereocenters. The van der Waals surface area contributed by atoms with E-state index in [0.717, 1.165) is 5.75 Å². The van der Waals surface area contributed by atoms with E-state index in [0.29, 0.717) is 12.1 Å². The van der Waals surface area contributed by atoms with Crippen LogP contribution < -0.4 is 34.6 Å². The molecule has 1 rings (SSSR count). The zero-order valence-electron chi connectivity index (χ0n) is 14.9. The van der Waals surface area contributed by atoms with Crippen LogP contribution >= 0.6 is 0 Å². The van der Waals surface area contributed by atoms with E-state index in [1.54, 1.807) is 20.8 Å². The van der Waals surface area contributed by atoms with E-state index in [-0.39, 0.29) is 40.8 Å². The highest BCUT2D eigenvalue weighted by molar-refractivity contribution is 7.95. The van der Waals surface area contributed by atoms with Gasteiger partial charge in [-0.3, -0.25) is 4.79 Å². The summed E-state index contributed by atoms with van der Waals surface area (Å²) in [6, 6.07) is 8.59. The van der Waals surface area contributed by atoms with Gasteiger partial charge >= 0.3 is 6.09 Å². The van der Waals surface area contributed by atoms with E-state index >= 15 is 0 Å². The maximum atomic E-state index is 12.4. The summed E-state index contributed by atoms with van der Waals surface area (Å²) >= 11 is 0. The van der Waals surface area contributed by atoms with Crippen molar-refractivity contribution in [2.45, 2.75) is 38.8 Å². The molecule has 0 aromatic heterocycles. The standard InChI is InChI=1S/C17H26N2O3S.HI/c1-17(2,3)22-16(21)19-14(11-12-23(4)5)15(20)18-13-9-7-6-8-10-13;/h6-10,14H,11-12H2,1-5H3,(H-,18,19,20,21);1H/t14-;/m0./s1. The summed E-state index contributed by atoms with van der Waals surface area (Å²) < 4.78 is 5.25. The van der Waals surface area contributed by atoms with Crippen LogP contribution in [0.3, 0.4) is 0 Å². The van der Waals surface area contributed by atoms with Crippen LogP contribution in [0.15, 0.2) is 30.3 Å². The van der Waals surface area contributed by atoms with Crippen LogP contribution in [0, 0.1) is 0 Å².